The second-order valence-corrected chi connectivity index (χ2v) is 5.30. The summed E-state index contributed by atoms with van der Waals surface area (Å²) in [6.45, 7) is 5.08. The fraction of sp³-hybridized carbons (Fsp3) is 0.350. The molecule has 24 heavy (non-hydrogen) atoms. The molecule has 0 saturated heterocycles. The van der Waals surface area contributed by atoms with E-state index < -0.39 is 0 Å². The second kappa shape index (κ2) is 9.98. The normalized spacial score (nSPS) is 12.8. The maximum absolute atomic E-state index is 9.55. The summed E-state index contributed by atoms with van der Waals surface area (Å²) in [4.78, 5) is 4.49. The Hall–Kier alpha value is -2.01. The van der Waals surface area contributed by atoms with Gasteiger partial charge in [0, 0.05) is 25.0 Å². The first-order valence-corrected chi connectivity index (χ1v) is 8.30. The third-order valence-corrected chi connectivity index (χ3v) is 3.61. The Morgan fingerprint density at radius 3 is 2.08 bits per heavy atom. The predicted octanol–water partition coefficient (Wildman–Crippen LogP) is 3.91. The van der Waals surface area contributed by atoms with Crippen molar-refractivity contribution in [2.75, 3.05) is 19.8 Å². The van der Waals surface area contributed by atoms with Crippen LogP contribution in [0.1, 0.15) is 42.9 Å². The molecule has 0 radical (unpaired) electrons. The van der Waals surface area contributed by atoms with E-state index in [2.05, 4.69) is 4.99 Å². The molecule has 0 fully saturated rings. The lowest BCUT2D eigenvalue weighted by atomic mass is 10.1. The van der Waals surface area contributed by atoms with Gasteiger partial charge in [0.05, 0.1) is 12.6 Å². The smallest absolute Gasteiger partial charge is 0.183 e. The molecule has 2 aromatic rings. The molecule has 0 unspecified atom stereocenters. The first-order chi connectivity index (χ1) is 11.8. The fourth-order valence-corrected chi connectivity index (χ4v) is 2.37. The summed E-state index contributed by atoms with van der Waals surface area (Å²) < 4.78 is 11.2. The summed E-state index contributed by atoms with van der Waals surface area (Å²) in [6, 6.07) is 17.5. The predicted molar refractivity (Wildman–Crippen MR) is 96.3 cm³/mol. The van der Waals surface area contributed by atoms with E-state index in [1.165, 1.54) is 0 Å². The highest BCUT2D eigenvalue weighted by Gasteiger charge is 2.11. The van der Waals surface area contributed by atoms with Gasteiger partial charge in [-0.1, -0.05) is 54.6 Å². The van der Waals surface area contributed by atoms with E-state index in [0.717, 1.165) is 16.7 Å². The maximum Gasteiger partial charge on any atom is 0.183 e. The molecule has 2 aromatic carbocycles. The molecule has 2 rings (SSSR count). The van der Waals surface area contributed by atoms with Crippen LogP contribution in [-0.2, 0) is 9.47 Å². The zero-order valence-corrected chi connectivity index (χ0v) is 14.3. The highest BCUT2D eigenvalue weighted by molar-refractivity contribution is 5.79. The van der Waals surface area contributed by atoms with Crippen LogP contribution in [0, 0.1) is 0 Å². The Labute approximate surface area is 143 Å². The zero-order chi connectivity index (χ0) is 17.2. The van der Waals surface area contributed by atoms with Crippen molar-refractivity contribution in [2.45, 2.75) is 26.2 Å². The minimum atomic E-state index is -0.333. The minimum absolute atomic E-state index is 0.0185. The maximum atomic E-state index is 9.55. The number of hydrogen-bond donors (Lipinski definition) is 1. The Morgan fingerprint density at radius 2 is 1.54 bits per heavy atom. The van der Waals surface area contributed by atoms with Crippen molar-refractivity contribution in [3.8, 4) is 0 Å². The van der Waals surface area contributed by atoms with E-state index >= 15 is 0 Å². The van der Waals surface area contributed by atoms with E-state index in [-0.39, 0.29) is 18.9 Å². The molecule has 0 saturated carbocycles. The number of aliphatic hydroxyl groups excluding tert-OH is 1. The van der Waals surface area contributed by atoms with Gasteiger partial charge in [0.25, 0.3) is 0 Å². The molecule has 1 atom stereocenters. The average molecular weight is 327 g/mol. The Balaban J connectivity index is 2.07. The van der Waals surface area contributed by atoms with E-state index in [1.54, 1.807) is 6.21 Å². The van der Waals surface area contributed by atoms with Crippen molar-refractivity contribution < 1.29 is 14.6 Å². The lowest BCUT2D eigenvalue weighted by Crippen LogP contribution is -2.08. The van der Waals surface area contributed by atoms with E-state index in [1.807, 2.05) is 68.4 Å². The molecule has 0 spiro atoms. The van der Waals surface area contributed by atoms with Crippen LogP contribution < -0.4 is 0 Å². The van der Waals surface area contributed by atoms with Crippen LogP contribution in [0.2, 0.25) is 0 Å². The summed E-state index contributed by atoms with van der Waals surface area (Å²) in [5, 5.41) is 9.55. The monoisotopic (exact) mass is 327 g/mol. The fourth-order valence-electron chi connectivity index (χ4n) is 2.37. The molecule has 4 heteroatoms. The van der Waals surface area contributed by atoms with Crippen molar-refractivity contribution >= 4 is 6.21 Å². The first kappa shape index (κ1) is 18.3. The molecular formula is C20H25NO3. The van der Waals surface area contributed by atoms with Crippen LogP contribution in [0.4, 0.5) is 0 Å². The van der Waals surface area contributed by atoms with E-state index in [9.17, 15) is 5.11 Å². The summed E-state index contributed by atoms with van der Waals surface area (Å²) >= 11 is 0. The van der Waals surface area contributed by atoms with Crippen molar-refractivity contribution in [2.24, 2.45) is 4.99 Å². The Morgan fingerprint density at radius 1 is 0.917 bits per heavy atom. The van der Waals surface area contributed by atoms with Crippen LogP contribution >= 0.6 is 0 Å². The third kappa shape index (κ3) is 5.27. The van der Waals surface area contributed by atoms with Gasteiger partial charge in [0.2, 0.25) is 0 Å². The summed E-state index contributed by atoms with van der Waals surface area (Å²) in [6.07, 6.45) is 1.45. The van der Waals surface area contributed by atoms with E-state index in [0.29, 0.717) is 13.2 Å². The average Bonchev–Trinajstić information content (AvgIpc) is 2.63. The molecule has 0 heterocycles. The van der Waals surface area contributed by atoms with Gasteiger partial charge in [0.1, 0.15) is 0 Å². The van der Waals surface area contributed by atoms with E-state index in [4.69, 9.17) is 9.47 Å². The van der Waals surface area contributed by atoms with Crippen molar-refractivity contribution in [3.63, 3.8) is 0 Å². The summed E-state index contributed by atoms with van der Waals surface area (Å²) in [7, 11) is 0. The molecule has 4 nitrogen and oxygen atoms in total. The molecule has 0 bridgehead atoms. The van der Waals surface area contributed by atoms with Gasteiger partial charge < -0.3 is 14.6 Å². The number of aliphatic imine (C=N–C) groups is 1. The SMILES string of the molecule is CCOC(OCC)c1ccc(C=N[C@@H](CO)c2ccccc2)cc1. The highest BCUT2D eigenvalue weighted by Crippen LogP contribution is 2.20. The topological polar surface area (TPSA) is 51.0 Å². The molecular weight excluding hydrogens is 302 g/mol. The number of ether oxygens (including phenoxy) is 2. The Bertz CT molecular complexity index is 605. The minimum Gasteiger partial charge on any atom is -0.394 e. The van der Waals surface area contributed by atoms with Gasteiger partial charge in [-0.25, -0.2) is 0 Å². The van der Waals surface area contributed by atoms with Crippen LogP contribution in [0.3, 0.4) is 0 Å². The second-order valence-electron chi connectivity index (χ2n) is 5.30. The van der Waals surface area contributed by atoms with Gasteiger partial charge in [-0.2, -0.15) is 0 Å². The van der Waals surface area contributed by atoms with Gasteiger partial charge in [0.15, 0.2) is 6.29 Å². The molecule has 0 aliphatic rings. The number of benzene rings is 2. The van der Waals surface area contributed by atoms with Crippen molar-refractivity contribution in [1.82, 2.24) is 0 Å². The zero-order valence-electron chi connectivity index (χ0n) is 14.3. The highest BCUT2D eigenvalue weighted by atomic mass is 16.7. The summed E-state index contributed by atoms with van der Waals surface area (Å²) in [5.41, 5.74) is 2.96. The lowest BCUT2D eigenvalue weighted by molar-refractivity contribution is -0.140. The molecule has 0 amide bonds. The van der Waals surface area contributed by atoms with Gasteiger partial charge in [-0.05, 0) is 25.0 Å². The largest absolute Gasteiger partial charge is 0.394 e. The van der Waals surface area contributed by atoms with Gasteiger partial charge in [-0.3, -0.25) is 4.99 Å². The lowest BCUT2D eigenvalue weighted by Gasteiger charge is -2.17. The summed E-state index contributed by atoms with van der Waals surface area (Å²) in [5.74, 6) is 0. The van der Waals surface area contributed by atoms with Crippen LogP contribution in [0.15, 0.2) is 59.6 Å². The molecule has 128 valence electrons. The van der Waals surface area contributed by atoms with Crippen molar-refractivity contribution in [1.29, 1.82) is 0 Å². The van der Waals surface area contributed by atoms with Crippen LogP contribution in [0.5, 0.6) is 0 Å². The van der Waals surface area contributed by atoms with Gasteiger partial charge in [-0.15, -0.1) is 0 Å². The van der Waals surface area contributed by atoms with Crippen LogP contribution in [-0.4, -0.2) is 31.1 Å². The quantitative estimate of drug-likeness (QED) is 0.561. The standard InChI is InChI=1S/C20H25NO3/c1-3-23-20(24-4-2)18-12-10-16(11-13-18)14-21-19(15-22)17-8-6-5-7-9-17/h5-14,19-20,22H,3-4,15H2,1-2H3/t19-/m0/s1. The number of rotatable bonds is 9. The number of hydrogen-bond acceptors (Lipinski definition) is 4. The molecule has 0 aromatic heterocycles. The molecule has 0 aliphatic carbocycles. The van der Waals surface area contributed by atoms with Crippen LogP contribution in [0.25, 0.3) is 0 Å². The van der Waals surface area contributed by atoms with Crippen molar-refractivity contribution in [3.05, 3.63) is 71.3 Å². The van der Waals surface area contributed by atoms with Gasteiger partial charge >= 0.3 is 0 Å². The molecule has 1 N–H and O–H groups in total. The number of aliphatic hydroxyl groups is 1. The molecule has 0 aliphatic heterocycles. The Kier molecular flexibility index (Phi) is 7.62. The number of nitrogens with zero attached hydrogens (tertiary/aromatic N) is 1. The third-order valence-electron chi connectivity index (χ3n) is 3.61. The first-order valence-electron chi connectivity index (χ1n) is 8.30.